The van der Waals surface area contributed by atoms with Crippen molar-refractivity contribution in [3.05, 3.63) is 28.3 Å². The number of hydrogen-bond acceptors (Lipinski definition) is 4. The lowest BCUT2D eigenvalue weighted by atomic mass is 10.1. The van der Waals surface area contributed by atoms with E-state index in [4.69, 9.17) is 21.1 Å². The van der Waals surface area contributed by atoms with Crippen molar-refractivity contribution in [2.45, 2.75) is 26.9 Å². The van der Waals surface area contributed by atoms with Gasteiger partial charge in [0.1, 0.15) is 5.75 Å². The second-order valence-electron chi connectivity index (χ2n) is 5.88. The third-order valence-corrected chi connectivity index (χ3v) is 4.52. The van der Waals surface area contributed by atoms with Gasteiger partial charge < -0.3 is 14.8 Å². The fraction of sp³-hybridized carbons (Fsp3) is 0.588. The Morgan fingerprint density at radius 3 is 2.57 bits per heavy atom. The Morgan fingerprint density at radius 2 is 1.96 bits per heavy atom. The quantitative estimate of drug-likeness (QED) is 0.862. The largest absolute Gasteiger partial charge is 0.481 e. The van der Waals surface area contributed by atoms with Gasteiger partial charge in [-0.3, -0.25) is 9.69 Å². The number of benzene rings is 1. The van der Waals surface area contributed by atoms with Gasteiger partial charge in [-0.1, -0.05) is 11.6 Å². The molecular formula is C17H25ClN2O3. The molecule has 1 aliphatic rings. The van der Waals surface area contributed by atoms with Crippen molar-refractivity contribution < 1.29 is 14.3 Å². The average molecular weight is 341 g/mol. The molecule has 1 aromatic rings. The zero-order valence-electron chi connectivity index (χ0n) is 14.0. The number of morpholine rings is 1. The number of carbonyl (C=O) groups is 1. The number of halogens is 1. The number of hydrogen-bond donors (Lipinski definition) is 1. The van der Waals surface area contributed by atoms with Gasteiger partial charge in [-0.25, -0.2) is 0 Å². The monoisotopic (exact) mass is 340 g/mol. The third-order valence-electron chi connectivity index (χ3n) is 3.92. The van der Waals surface area contributed by atoms with Gasteiger partial charge in [0.2, 0.25) is 0 Å². The summed E-state index contributed by atoms with van der Waals surface area (Å²) in [6.07, 6.45) is -0.542. The van der Waals surface area contributed by atoms with Gasteiger partial charge >= 0.3 is 0 Å². The maximum atomic E-state index is 12.1. The summed E-state index contributed by atoms with van der Waals surface area (Å²) in [7, 11) is 0. The van der Waals surface area contributed by atoms with Gasteiger partial charge in [-0.2, -0.15) is 0 Å². The van der Waals surface area contributed by atoms with Crippen LogP contribution < -0.4 is 10.1 Å². The van der Waals surface area contributed by atoms with Crippen molar-refractivity contribution in [2.75, 3.05) is 39.4 Å². The van der Waals surface area contributed by atoms with Crippen LogP contribution >= 0.6 is 11.6 Å². The van der Waals surface area contributed by atoms with Gasteiger partial charge in [-0.05, 0) is 44.0 Å². The lowest BCUT2D eigenvalue weighted by Gasteiger charge is -2.26. The molecule has 1 N–H and O–H groups in total. The van der Waals surface area contributed by atoms with Gasteiger partial charge in [0.05, 0.1) is 13.2 Å². The Hall–Kier alpha value is -1.30. The van der Waals surface area contributed by atoms with Crippen molar-refractivity contribution in [1.82, 2.24) is 10.2 Å². The molecule has 1 aromatic carbocycles. The summed E-state index contributed by atoms with van der Waals surface area (Å²) in [5.74, 6) is 0.559. The molecular weight excluding hydrogens is 316 g/mol. The predicted molar refractivity (Wildman–Crippen MR) is 91.3 cm³/mol. The molecule has 0 radical (unpaired) electrons. The fourth-order valence-corrected chi connectivity index (χ4v) is 2.65. The number of ether oxygens (including phenoxy) is 2. The first-order valence-corrected chi connectivity index (χ1v) is 8.36. The fourth-order valence-electron chi connectivity index (χ4n) is 2.54. The molecule has 2 rings (SSSR count). The zero-order valence-corrected chi connectivity index (χ0v) is 14.8. The van der Waals surface area contributed by atoms with E-state index in [1.807, 2.05) is 26.0 Å². The summed E-state index contributed by atoms with van der Waals surface area (Å²) in [4.78, 5) is 14.4. The van der Waals surface area contributed by atoms with Crippen molar-refractivity contribution in [1.29, 1.82) is 0 Å². The first kappa shape index (κ1) is 18.0. The number of carbonyl (C=O) groups excluding carboxylic acids is 1. The van der Waals surface area contributed by atoms with E-state index in [0.717, 1.165) is 49.0 Å². The normalized spacial score (nSPS) is 16.9. The van der Waals surface area contributed by atoms with Crippen molar-refractivity contribution in [3.63, 3.8) is 0 Å². The van der Waals surface area contributed by atoms with Crippen LogP contribution in [0.2, 0.25) is 5.02 Å². The van der Waals surface area contributed by atoms with Gasteiger partial charge in [0, 0.05) is 31.2 Å². The summed E-state index contributed by atoms with van der Waals surface area (Å²) in [6, 6.07) is 3.71. The first-order chi connectivity index (χ1) is 11.0. The highest BCUT2D eigenvalue weighted by molar-refractivity contribution is 6.32. The maximum Gasteiger partial charge on any atom is 0.260 e. The molecule has 0 spiro atoms. The van der Waals surface area contributed by atoms with Crippen molar-refractivity contribution in [3.8, 4) is 5.75 Å². The van der Waals surface area contributed by atoms with E-state index in [2.05, 4.69) is 10.2 Å². The molecule has 6 heteroatoms. The number of rotatable bonds is 6. The molecule has 1 fully saturated rings. The first-order valence-electron chi connectivity index (χ1n) is 7.98. The highest BCUT2D eigenvalue weighted by atomic mass is 35.5. The molecule has 1 saturated heterocycles. The van der Waals surface area contributed by atoms with E-state index >= 15 is 0 Å². The average Bonchev–Trinajstić information content (AvgIpc) is 2.53. The van der Waals surface area contributed by atoms with Crippen LogP contribution in [-0.2, 0) is 9.53 Å². The summed E-state index contributed by atoms with van der Waals surface area (Å²) in [5.41, 5.74) is 1.89. The SMILES string of the molecule is Cc1cc(O[C@H](C)C(=O)NCCN2CCOCC2)cc(C)c1Cl. The lowest BCUT2D eigenvalue weighted by molar-refractivity contribution is -0.127. The smallest absolute Gasteiger partial charge is 0.260 e. The Balaban J connectivity index is 1.78. The van der Waals surface area contributed by atoms with E-state index in [9.17, 15) is 4.79 Å². The standard InChI is InChI=1S/C17H25ClN2O3/c1-12-10-15(11-13(2)16(12)18)23-14(3)17(21)19-4-5-20-6-8-22-9-7-20/h10-11,14H,4-9H2,1-3H3,(H,19,21)/t14-/m1/s1. The minimum absolute atomic E-state index is 0.108. The Labute approximate surface area is 142 Å². The van der Waals surface area contributed by atoms with Crippen LogP contribution in [0.5, 0.6) is 5.75 Å². The number of nitrogens with zero attached hydrogens (tertiary/aromatic N) is 1. The minimum atomic E-state index is -0.542. The van der Waals surface area contributed by atoms with Crippen LogP contribution in [-0.4, -0.2) is 56.3 Å². The van der Waals surface area contributed by atoms with Crippen LogP contribution in [0, 0.1) is 13.8 Å². The number of nitrogens with one attached hydrogen (secondary N) is 1. The summed E-state index contributed by atoms with van der Waals surface area (Å²) < 4.78 is 11.0. The molecule has 128 valence electrons. The summed E-state index contributed by atoms with van der Waals surface area (Å²) in [6.45, 7) is 10.4. The molecule has 1 atom stereocenters. The molecule has 1 amide bonds. The Morgan fingerprint density at radius 1 is 1.35 bits per heavy atom. The van der Waals surface area contributed by atoms with E-state index in [0.29, 0.717) is 12.3 Å². The van der Waals surface area contributed by atoms with Gasteiger partial charge in [0.25, 0.3) is 5.91 Å². The van der Waals surface area contributed by atoms with E-state index in [-0.39, 0.29) is 5.91 Å². The number of amides is 1. The molecule has 0 unspecified atom stereocenters. The maximum absolute atomic E-state index is 12.1. The van der Waals surface area contributed by atoms with Crippen LogP contribution in [0.4, 0.5) is 0 Å². The van der Waals surface area contributed by atoms with E-state index in [1.165, 1.54) is 0 Å². The number of aryl methyl sites for hydroxylation is 2. The van der Waals surface area contributed by atoms with E-state index < -0.39 is 6.10 Å². The van der Waals surface area contributed by atoms with Crippen LogP contribution in [0.15, 0.2) is 12.1 Å². The summed E-state index contributed by atoms with van der Waals surface area (Å²) in [5, 5.41) is 3.65. The minimum Gasteiger partial charge on any atom is -0.481 e. The Kier molecular flexibility index (Phi) is 6.69. The molecule has 0 saturated carbocycles. The molecule has 5 nitrogen and oxygen atoms in total. The van der Waals surface area contributed by atoms with Crippen LogP contribution in [0.3, 0.4) is 0 Å². The second-order valence-corrected chi connectivity index (χ2v) is 6.25. The Bertz CT molecular complexity index is 522. The topological polar surface area (TPSA) is 50.8 Å². The highest BCUT2D eigenvalue weighted by Crippen LogP contribution is 2.26. The van der Waals surface area contributed by atoms with Gasteiger partial charge in [0.15, 0.2) is 6.10 Å². The molecule has 0 aliphatic carbocycles. The van der Waals surface area contributed by atoms with E-state index in [1.54, 1.807) is 6.92 Å². The predicted octanol–water partition coefficient (Wildman–Crippen LogP) is 2.17. The summed E-state index contributed by atoms with van der Waals surface area (Å²) >= 11 is 6.14. The molecule has 23 heavy (non-hydrogen) atoms. The van der Waals surface area contributed by atoms with Crippen LogP contribution in [0.1, 0.15) is 18.1 Å². The van der Waals surface area contributed by atoms with Crippen molar-refractivity contribution in [2.24, 2.45) is 0 Å². The molecule has 0 aromatic heterocycles. The van der Waals surface area contributed by atoms with Gasteiger partial charge in [-0.15, -0.1) is 0 Å². The van der Waals surface area contributed by atoms with Crippen LogP contribution in [0.25, 0.3) is 0 Å². The molecule has 0 bridgehead atoms. The molecule has 1 aliphatic heterocycles. The van der Waals surface area contributed by atoms with Crippen molar-refractivity contribution >= 4 is 17.5 Å². The highest BCUT2D eigenvalue weighted by Gasteiger charge is 2.16. The second kappa shape index (κ2) is 8.52. The lowest BCUT2D eigenvalue weighted by Crippen LogP contribution is -2.43. The third kappa shape index (κ3) is 5.37. The molecule has 1 heterocycles. The zero-order chi connectivity index (χ0) is 16.8.